The Morgan fingerprint density at radius 1 is 1.50 bits per heavy atom. The first-order chi connectivity index (χ1) is 5.22. The molecule has 1 fully saturated rings. The molecule has 1 N–H and O–H groups in total. The first-order valence-electron chi connectivity index (χ1n) is 4.03. The van der Waals surface area contributed by atoms with Crippen LogP contribution in [0.1, 0.15) is 20.3 Å². The van der Waals surface area contributed by atoms with Gasteiger partial charge in [-0.3, -0.25) is 4.90 Å². The van der Waals surface area contributed by atoms with Crippen molar-refractivity contribution in [2.75, 3.05) is 13.6 Å². The Bertz CT molecular complexity index is 176. The molecule has 0 spiro atoms. The largest absolute Gasteiger partial charge is 0.389 e. The van der Waals surface area contributed by atoms with Gasteiger partial charge in [-0.15, -0.1) is 0 Å². The van der Waals surface area contributed by atoms with E-state index < -0.39 is 17.6 Å². The third kappa shape index (κ3) is 1.93. The number of halogens is 2. The fourth-order valence-electron chi connectivity index (χ4n) is 1.77. The Kier molecular flexibility index (Phi) is 2.17. The molecule has 0 aromatic rings. The van der Waals surface area contributed by atoms with Crippen molar-refractivity contribution in [2.45, 2.75) is 37.8 Å². The Morgan fingerprint density at radius 3 is 2.17 bits per heavy atom. The van der Waals surface area contributed by atoms with Crippen LogP contribution >= 0.6 is 0 Å². The maximum absolute atomic E-state index is 12.8. The van der Waals surface area contributed by atoms with Crippen LogP contribution in [0.25, 0.3) is 0 Å². The molecule has 0 aromatic carbocycles. The van der Waals surface area contributed by atoms with Crippen LogP contribution in [0.4, 0.5) is 8.78 Å². The zero-order chi connectivity index (χ0) is 9.57. The minimum atomic E-state index is -2.64. The Morgan fingerprint density at radius 2 is 2.00 bits per heavy atom. The summed E-state index contributed by atoms with van der Waals surface area (Å²) in [7, 11) is 1.61. The molecule has 1 aliphatic rings. The van der Waals surface area contributed by atoms with Gasteiger partial charge in [0.1, 0.15) is 0 Å². The van der Waals surface area contributed by atoms with E-state index >= 15 is 0 Å². The van der Waals surface area contributed by atoms with Crippen molar-refractivity contribution in [3.8, 4) is 0 Å². The smallest absolute Gasteiger partial charge is 0.262 e. The van der Waals surface area contributed by atoms with E-state index in [1.165, 1.54) is 4.90 Å². The summed E-state index contributed by atoms with van der Waals surface area (Å²) in [6.45, 7) is 2.88. The van der Waals surface area contributed by atoms with Gasteiger partial charge in [0, 0.05) is 12.5 Å². The van der Waals surface area contributed by atoms with Crippen LogP contribution < -0.4 is 0 Å². The maximum Gasteiger partial charge on any atom is 0.262 e. The molecule has 0 aromatic heterocycles. The topological polar surface area (TPSA) is 23.5 Å². The highest BCUT2D eigenvalue weighted by molar-refractivity contribution is 4.96. The van der Waals surface area contributed by atoms with Crippen molar-refractivity contribution >= 4 is 0 Å². The van der Waals surface area contributed by atoms with Gasteiger partial charge in [0.25, 0.3) is 5.92 Å². The summed E-state index contributed by atoms with van der Waals surface area (Å²) in [5, 5.41) is 9.55. The van der Waals surface area contributed by atoms with E-state index in [2.05, 4.69) is 0 Å². The minimum absolute atomic E-state index is 0.243. The third-order valence-electron chi connectivity index (χ3n) is 2.32. The molecule has 1 saturated heterocycles. The van der Waals surface area contributed by atoms with Gasteiger partial charge in [-0.05, 0) is 20.9 Å². The number of nitrogens with zero attached hydrogens (tertiary/aromatic N) is 1. The van der Waals surface area contributed by atoms with Crippen molar-refractivity contribution in [1.29, 1.82) is 0 Å². The molecule has 0 aliphatic carbocycles. The summed E-state index contributed by atoms with van der Waals surface area (Å²) in [6, 6.07) is -0.438. The molecule has 1 heterocycles. The van der Waals surface area contributed by atoms with Gasteiger partial charge in [-0.1, -0.05) is 0 Å². The number of hydrogen-bond acceptors (Lipinski definition) is 2. The molecule has 2 nitrogen and oxygen atoms in total. The second kappa shape index (κ2) is 2.64. The summed E-state index contributed by atoms with van der Waals surface area (Å²) in [6.07, 6.45) is -0.243. The number of alkyl halides is 2. The summed E-state index contributed by atoms with van der Waals surface area (Å²) in [4.78, 5) is 1.51. The molecule has 4 heteroatoms. The highest BCUT2D eigenvalue weighted by atomic mass is 19.3. The summed E-state index contributed by atoms with van der Waals surface area (Å²) in [5.74, 6) is -2.64. The number of likely N-dealkylation sites (N-methyl/N-ethyl adjacent to an activating group) is 1. The van der Waals surface area contributed by atoms with Crippen LogP contribution in [0.5, 0.6) is 0 Å². The van der Waals surface area contributed by atoms with E-state index in [9.17, 15) is 13.9 Å². The fourth-order valence-corrected chi connectivity index (χ4v) is 1.77. The summed E-state index contributed by atoms with van der Waals surface area (Å²) >= 11 is 0. The molecule has 0 saturated carbocycles. The van der Waals surface area contributed by atoms with E-state index in [-0.39, 0.29) is 13.0 Å². The van der Waals surface area contributed by atoms with Gasteiger partial charge in [0.2, 0.25) is 0 Å². The van der Waals surface area contributed by atoms with Crippen molar-refractivity contribution in [3.63, 3.8) is 0 Å². The Balaban J connectivity index is 2.71. The second-order valence-electron chi connectivity index (χ2n) is 4.14. The molecule has 1 aliphatic heterocycles. The molecule has 72 valence electrons. The average molecular weight is 179 g/mol. The predicted molar refractivity (Wildman–Crippen MR) is 42.3 cm³/mol. The monoisotopic (exact) mass is 179 g/mol. The molecular formula is C8H15F2NO. The highest BCUT2D eigenvalue weighted by Gasteiger charge is 2.48. The lowest BCUT2D eigenvalue weighted by molar-refractivity contribution is -0.00549. The SMILES string of the molecule is CN1CC(F)(F)C[C@H]1C(C)(C)O. The van der Waals surface area contributed by atoms with E-state index in [0.29, 0.717) is 0 Å². The van der Waals surface area contributed by atoms with Crippen molar-refractivity contribution in [2.24, 2.45) is 0 Å². The lowest BCUT2D eigenvalue weighted by Gasteiger charge is -2.30. The minimum Gasteiger partial charge on any atom is -0.389 e. The Hall–Kier alpha value is -0.220. The van der Waals surface area contributed by atoms with Crippen LogP contribution in [0.15, 0.2) is 0 Å². The third-order valence-corrected chi connectivity index (χ3v) is 2.32. The number of likely N-dealkylation sites (tertiary alicyclic amines) is 1. The van der Waals surface area contributed by atoms with Gasteiger partial charge in [-0.2, -0.15) is 0 Å². The molecular weight excluding hydrogens is 164 g/mol. The van der Waals surface area contributed by atoms with Gasteiger partial charge in [0.05, 0.1) is 12.1 Å². The molecule has 0 radical (unpaired) electrons. The average Bonchev–Trinajstić information content (AvgIpc) is 2.03. The Labute approximate surface area is 71.2 Å². The lowest BCUT2D eigenvalue weighted by atomic mass is 9.96. The van der Waals surface area contributed by atoms with Gasteiger partial charge in [0.15, 0.2) is 0 Å². The maximum atomic E-state index is 12.8. The molecule has 12 heavy (non-hydrogen) atoms. The van der Waals surface area contributed by atoms with E-state index in [0.717, 1.165) is 0 Å². The van der Waals surface area contributed by atoms with Crippen LogP contribution in [-0.4, -0.2) is 41.2 Å². The van der Waals surface area contributed by atoms with E-state index in [1.54, 1.807) is 20.9 Å². The van der Waals surface area contributed by atoms with Crippen LogP contribution in [-0.2, 0) is 0 Å². The van der Waals surface area contributed by atoms with E-state index in [1.807, 2.05) is 0 Å². The number of hydrogen-bond donors (Lipinski definition) is 1. The molecule has 0 amide bonds. The number of aliphatic hydroxyl groups is 1. The first-order valence-corrected chi connectivity index (χ1v) is 4.03. The van der Waals surface area contributed by atoms with Gasteiger partial charge >= 0.3 is 0 Å². The standard InChI is InChI=1S/C8H15F2NO/c1-7(2,12)6-4-8(9,10)5-11(6)3/h6,12H,4-5H2,1-3H3/t6-/m0/s1. The van der Waals surface area contributed by atoms with Crippen molar-refractivity contribution in [3.05, 3.63) is 0 Å². The van der Waals surface area contributed by atoms with Crippen molar-refractivity contribution < 1.29 is 13.9 Å². The van der Waals surface area contributed by atoms with Crippen LogP contribution in [0, 0.1) is 0 Å². The first kappa shape index (κ1) is 9.86. The molecule has 1 rings (SSSR count). The molecule has 0 bridgehead atoms. The summed E-state index contributed by atoms with van der Waals surface area (Å²) in [5.41, 5.74) is -1.05. The van der Waals surface area contributed by atoms with Crippen LogP contribution in [0.3, 0.4) is 0 Å². The lowest BCUT2D eigenvalue weighted by Crippen LogP contribution is -2.43. The van der Waals surface area contributed by atoms with Gasteiger partial charge in [-0.25, -0.2) is 8.78 Å². The highest BCUT2D eigenvalue weighted by Crippen LogP contribution is 2.35. The quantitative estimate of drug-likeness (QED) is 0.651. The van der Waals surface area contributed by atoms with Crippen molar-refractivity contribution in [1.82, 2.24) is 4.90 Å². The predicted octanol–water partition coefficient (Wildman–Crippen LogP) is 1.10. The number of rotatable bonds is 1. The van der Waals surface area contributed by atoms with Crippen LogP contribution in [0.2, 0.25) is 0 Å². The molecule has 1 atom stereocenters. The summed E-state index contributed by atoms with van der Waals surface area (Å²) < 4.78 is 25.6. The fraction of sp³-hybridized carbons (Fsp3) is 1.00. The van der Waals surface area contributed by atoms with E-state index in [4.69, 9.17) is 0 Å². The normalized spacial score (nSPS) is 31.0. The van der Waals surface area contributed by atoms with Gasteiger partial charge < -0.3 is 5.11 Å². The molecule has 0 unspecified atom stereocenters. The zero-order valence-electron chi connectivity index (χ0n) is 7.64. The zero-order valence-corrected chi connectivity index (χ0v) is 7.64. The second-order valence-corrected chi connectivity index (χ2v) is 4.14.